The van der Waals surface area contributed by atoms with Crippen LogP contribution in [0.25, 0.3) is 0 Å². The Balaban J connectivity index is 2.04. The SMILES string of the molecule is CC1(C)CCCCC1(O)c1ccccc1C1CCC1. The van der Waals surface area contributed by atoms with Gasteiger partial charge in [-0.25, -0.2) is 0 Å². The fourth-order valence-corrected chi connectivity index (χ4v) is 3.94. The molecule has 3 rings (SSSR count). The first kappa shape index (κ1) is 13.2. The second-order valence-electron chi connectivity index (χ2n) is 7.17. The number of rotatable bonds is 2. The number of aliphatic hydroxyl groups is 1. The molecule has 0 spiro atoms. The quantitative estimate of drug-likeness (QED) is 0.812. The van der Waals surface area contributed by atoms with Gasteiger partial charge in [0.1, 0.15) is 0 Å². The van der Waals surface area contributed by atoms with Crippen LogP contribution in [0, 0.1) is 5.41 Å². The molecule has 1 nitrogen and oxygen atoms in total. The zero-order valence-corrected chi connectivity index (χ0v) is 12.3. The number of hydrogen-bond donors (Lipinski definition) is 1. The van der Waals surface area contributed by atoms with Gasteiger partial charge in [-0.15, -0.1) is 0 Å². The molecular weight excluding hydrogens is 232 g/mol. The molecule has 1 aromatic carbocycles. The summed E-state index contributed by atoms with van der Waals surface area (Å²) in [6.07, 6.45) is 8.40. The third-order valence-corrected chi connectivity index (χ3v) is 5.66. The largest absolute Gasteiger partial charge is 0.385 e. The van der Waals surface area contributed by atoms with E-state index in [1.54, 1.807) is 0 Å². The molecule has 19 heavy (non-hydrogen) atoms. The van der Waals surface area contributed by atoms with Crippen LogP contribution in [-0.2, 0) is 5.60 Å². The molecule has 0 radical (unpaired) electrons. The van der Waals surface area contributed by atoms with Crippen molar-refractivity contribution in [1.82, 2.24) is 0 Å². The fraction of sp³-hybridized carbons (Fsp3) is 0.667. The van der Waals surface area contributed by atoms with E-state index in [0.29, 0.717) is 5.92 Å². The molecule has 1 heteroatoms. The van der Waals surface area contributed by atoms with Gasteiger partial charge < -0.3 is 5.11 Å². The second-order valence-corrected chi connectivity index (χ2v) is 7.17. The van der Waals surface area contributed by atoms with Crippen LogP contribution in [0.15, 0.2) is 24.3 Å². The van der Waals surface area contributed by atoms with Crippen LogP contribution >= 0.6 is 0 Å². The third kappa shape index (κ3) is 2.03. The highest BCUT2D eigenvalue weighted by atomic mass is 16.3. The van der Waals surface area contributed by atoms with Crippen LogP contribution in [0.4, 0.5) is 0 Å². The maximum atomic E-state index is 11.4. The van der Waals surface area contributed by atoms with E-state index < -0.39 is 5.60 Å². The number of benzene rings is 1. The van der Waals surface area contributed by atoms with E-state index in [1.807, 2.05) is 0 Å². The van der Waals surface area contributed by atoms with Crippen molar-refractivity contribution in [1.29, 1.82) is 0 Å². The number of hydrogen-bond acceptors (Lipinski definition) is 1. The van der Waals surface area contributed by atoms with Crippen LogP contribution in [0.2, 0.25) is 0 Å². The Morgan fingerprint density at radius 1 is 1.00 bits per heavy atom. The Morgan fingerprint density at radius 2 is 1.68 bits per heavy atom. The van der Waals surface area contributed by atoms with E-state index in [9.17, 15) is 5.11 Å². The molecule has 2 aliphatic carbocycles. The van der Waals surface area contributed by atoms with Crippen molar-refractivity contribution >= 4 is 0 Å². The first-order valence-electron chi connectivity index (χ1n) is 7.86. The minimum atomic E-state index is -0.628. The summed E-state index contributed by atoms with van der Waals surface area (Å²) in [5, 5.41) is 11.4. The van der Waals surface area contributed by atoms with Gasteiger partial charge >= 0.3 is 0 Å². The highest BCUT2D eigenvalue weighted by Gasteiger charge is 2.47. The lowest BCUT2D eigenvalue weighted by Crippen LogP contribution is -2.45. The van der Waals surface area contributed by atoms with E-state index >= 15 is 0 Å². The lowest BCUT2D eigenvalue weighted by Gasteiger charge is -2.48. The Kier molecular flexibility index (Phi) is 3.21. The van der Waals surface area contributed by atoms with Gasteiger partial charge in [-0.2, -0.15) is 0 Å². The van der Waals surface area contributed by atoms with Crippen molar-refractivity contribution in [3.8, 4) is 0 Å². The summed E-state index contributed by atoms with van der Waals surface area (Å²) in [5.41, 5.74) is 2.01. The molecule has 1 N–H and O–H groups in total. The van der Waals surface area contributed by atoms with Gasteiger partial charge in [0.05, 0.1) is 5.60 Å². The molecule has 104 valence electrons. The molecular formula is C18H26O. The second kappa shape index (κ2) is 4.63. The average Bonchev–Trinajstić information content (AvgIpc) is 2.32. The molecule has 0 bridgehead atoms. The van der Waals surface area contributed by atoms with Crippen LogP contribution < -0.4 is 0 Å². The first-order valence-corrected chi connectivity index (χ1v) is 7.86. The molecule has 0 aromatic heterocycles. The lowest BCUT2D eigenvalue weighted by molar-refractivity contribution is -0.104. The summed E-state index contributed by atoms with van der Waals surface area (Å²) in [7, 11) is 0. The minimum Gasteiger partial charge on any atom is -0.385 e. The molecule has 0 saturated heterocycles. The van der Waals surface area contributed by atoms with Crippen molar-refractivity contribution in [3.63, 3.8) is 0 Å². The van der Waals surface area contributed by atoms with Gasteiger partial charge in [-0.1, -0.05) is 57.4 Å². The van der Waals surface area contributed by atoms with Gasteiger partial charge in [-0.05, 0) is 48.1 Å². The Bertz CT molecular complexity index is 459. The first-order chi connectivity index (χ1) is 9.05. The van der Waals surface area contributed by atoms with E-state index in [-0.39, 0.29) is 5.41 Å². The highest BCUT2D eigenvalue weighted by molar-refractivity contribution is 5.38. The highest BCUT2D eigenvalue weighted by Crippen LogP contribution is 2.53. The zero-order chi connectivity index (χ0) is 13.5. The lowest BCUT2D eigenvalue weighted by atomic mass is 9.60. The Morgan fingerprint density at radius 3 is 2.32 bits per heavy atom. The van der Waals surface area contributed by atoms with Crippen LogP contribution in [0.5, 0.6) is 0 Å². The van der Waals surface area contributed by atoms with Gasteiger partial charge in [-0.3, -0.25) is 0 Å². The standard InChI is InChI=1S/C18H26O/c1-17(2)12-5-6-13-18(17,19)16-11-4-3-10-15(16)14-8-7-9-14/h3-4,10-11,14,19H,5-9,12-13H2,1-2H3. The normalized spacial score (nSPS) is 30.9. The molecule has 2 fully saturated rings. The summed E-state index contributed by atoms with van der Waals surface area (Å²) < 4.78 is 0. The van der Waals surface area contributed by atoms with Crippen molar-refractivity contribution in [2.45, 2.75) is 70.3 Å². The Labute approximate surface area is 117 Å². The van der Waals surface area contributed by atoms with Crippen molar-refractivity contribution in [2.24, 2.45) is 5.41 Å². The molecule has 1 aromatic rings. The third-order valence-electron chi connectivity index (χ3n) is 5.66. The summed E-state index contributed by atoms with van der Waals surface area (Å²) in [4.78, 5) is 0. The zero-order valence-electron chi connectivity index (χ0n) is 12.3. The van der Waals surface area contributed by atoms with Crippen molar-refractivity contribution in [3.05, 3.63) is 35.4 Å². The fourth-order valence-electron chi connectivity index (χ4n) is 3.94. The average molecular weight is 258 g/mol. The molecule has 2 aliphatic rings. The van der Waals surface area contributed by atoms with E-state index in [1.165, 1.54) is 36.8 Å². The summed E-state index contributed by atoms with van der Waals surface area (Å²) in [5.74, 6) is 0.693. The minimum absolute atomic E-state index is 0.00883. The van der Waals surface area contributed by atoms with Crippen molar-refractivity contribution in [2.75, 3.05) is 0 Å². The van der Waals surface area contributed by atoms with Gasteiger partial charge in [0.25, 0.3) is 0 Å². The summed E-state index contributed by atoms with van der Waals surface area (Å²) in [6, 6.07) is 8.67. The Hall–Kier alpha value is -0.820. The van der Waals surface area contributed by atoms with E-state index in [4.69, 9.17) is 0 Å². The van der Waals surface area contributed by atoms with Gasteiger partial charge in [0.2, 0.25) is 0 Å². The monoisotopic (exact) mass is 258 g/mol. The molecule has 1 unspecified atom stereocenters. The molecule has 1 atom stereocenters. The molecule has 0 heterocycles. The van der Waals surface area contributed by atoms with Gasteiger partial charge in [0.15, 0.2) is 0 Å². The maximum absolute atomic E-state index is 11.4. The van der Waals surface area contributed by atoms with Crippen LogP contribution in [-0.4, -0.2) is 5.11 Å². The smallest absolute Gasteiger partial charge is 0.0949 e. The summed E-state index contributed by atoms with van der Waals surface area (Å²) in [6.45, 7) is 4.48. The van der Waals surface area contributed by atoms with Crippen LogP contribution in [0.1, 0.15) is 75.8 Å². The van der Waals surface area contributed by atoms with Crippen LogP contribution in [0.3, 0.4) is 0 Å². The summed E-state index contributed by atoms with van der Waals surface area (Å²) >= 11 is 0. The molecule has 0 aliphatic heterocycles. The topological polar surface area (TPSA) is 20.2 Å². The van der Waals surface area contributed by atoms with E-state index in [0.717, 1.165) is 19.3 Å². The van der Waals surface area contributed by atoms with Gasteiger partial charge in [0, 0.05) is 0 Å². The maximum Gasteiger partial charge on any atom is 0.0949 e. The predicted octanol–water partition coefficient (Wildman–Crippen LogP) is 4.74. The van der Waals surface area contributed by atoms with E-state index in [2.05, 4.69) is 38.1 Å². The van der Waals surface area contributed by atoms with Crippen molar-refractivity contribution < 1.29 is 5.11 Å². The molecule has 2 saturated carbocycles. The molecule has 0 amide bonds. The predicted molar refractivity (Wildman–Crippen MR) is 79.2 cm³/mol.